The molecule has 1 aromatic carbocycles. The molecule has 5 rings (SSSR count). The number of aromatic amines is 1. The highest BCUT2D eigenvalue weighted by Gasteiger charge is 2.21. The van der Waals surface area contributed by atoms with Gasteiger partial charge < -0.3 is 19.1 Å². The molecule has 1 N–H and O–H groups in total. The van der Waals surface area contributed by atoms with E-state index in [1.54, 1.807) is 25.6 Å². The fourth-order valence-corrected chi connectivity index (χ4v) is 5.47. The van der Waals surface area contributed by atoms with Crippen molar-refractivity contribution in [3.05, 3.63) is 53.3 Å². The number of thiophene rings is 1. The molecule has 0 unspecified atom stereocenters. The highest BCUT2D eigenvalue weighted by molar-refractivity contribution is 7.20. The molecule has 0 spiro atoms. The van der Waals surface area contributed by atoms with Crippen LogP contribution >= 0.6 is 11.3 Å². The zero-order valence-electron chi connectivity index (χ0n) is 22.2. The van der Waals surface area contributed by atoms with Crippen LogP contribution in [-0.4, -0.2) is 67.3 Å². The zero-order chi connectivity index (χ0) is 26.2. The number of morpholine rings is 1. The van der Waals surface area contributed by atoms with E-state index in [1.807, 2.05) is 32.2 Å². The van der Waals surface area contributed by atoms with Gasteiger partial charge in [-0.3, -0.25) is 5.10 Å². The van der Waals surface area contributed by atoms with Gasteiger partial charge in [-0.05, 0) is 37.1 Å². The maximum absolute atomic E-state index is 5.61. The summed E-state index contributed by atoms with van der Waals surface area (Å²) in [4.78, 5) is 13.6. The van der Waals surface area contributed by atoms with Crippen molar-refractivity contribution < 1.29 is 14.2 Å². The van der Waals surface area contributed by atoms with E-state index in [1.165, 1.54) is 10.5 Å². The van der Waals surface area contributed by atoms with Crippen LogP contribution in [0.25, 0.3) is 38.1 Å². The van der Waals surface area contributed by atoms with Gasteiger partial charge in [0.1, 0.15) is 12.4 Å². The van der Waals surface area contributed by atoms with Crippen LogP contribution in [0, 0.1) is 0 Å². The Balaban J connectivity index is 0.00000156. The Morgan fingerprint density at radius 2 is 2.00 bits per heavy atom. The largest absolute Gasteiger partial charge is 0.499 e. The average molecular weight is 522 g/mol. The molecule has 3 aromatic heterocycles. The smallest absolute Gasteiger partial charge is 0.162 e. The van der Waals surface area contributed by atoms with E-state index < -0.39 is 0 Å². The first kappa shape index (κ1) is 26.8. The Bertz CT molecular complexity index is 1390. The molecule has 0 radical (unpaired) electrons. The molecule has 9 heteroatoms. The minimum atomic E-state index is 0.454. The SMILES string of the molecule is C/C=C(\C/C=C(\COC)OC)c1cc2nc(-c3cccc4[nH]ncc34)nc(N3CCOCC3)c2s1.CC. The summed E-state index contributed by atoms with van der Waals surface area (Å²) >= 11 is 1.74. The van der Waals surface area contributed by atoms with Crippen molar-refractivity contribution in [3.8, 4) is 11.4 Å². The number of anilines is 1. The monoisotopic (exact) mass is 521 g/mol. The van der Waals surface area contributed by atoms with Gasteiger partial charge in [-0.25, -0.2) is 9.97 Å². The molecule has 0 saturated carbocycles. The van der Waals surface area contributed by atoms with Gasteiger partial charge >= 0.3 is 0 Å². The normalized spacial score (nSPS) is 14.7. The van der Waals surface area contributed by atoms with Crippen LogP contribution in [0.4, 0.5) is 5.82 Å². The van der Waals surface area contributed by atoms with Crippen molar-refractivity contribution in [2.75, 3.05) is 52.0 Å². The van der Waals surface area contributed by atoms with E-state index in [4.69, 9.17) is 24.2 Å². The molecule has 0 atom stereocenters. The number of allylic oxidation sites excluding steroid dienone is 3. The molecule has 1 aliphatic heterocycles. The number of hydrogen-bond donors (Lipinski definition) is 1. The van der Waals surface area contributed by atoms with Gasteiger partial charge in [0, 0.05) is 36.0 Å². The third-order valence-corrected chi connectivity index (χ3v) is 7.35. The van der Waals surface area contributed by atoms with E-state index in [-0.39, 0.29) is 0 Å². The third-order valence-electron chi connectivity index (χ3n) is 6.15. The number of methoxy groups -OCH3 is 2. The number of nitrogens with zero attached hydrogens (tertiary/aromatic N) is 4. The summed E-state index contributed by atoms with van der Waals surface area (Å²) in [5, 5.41) is 8.28. The molecule has 196 valence electrons. The number of fused-ring (bicyclic) bond motifs is 2. The lowest BCUT2D eigenvalue weighted by atomic mass is 10.1. The van der Waals surface area contributed by atoms with Crippen LogP contribution in [-0.2, 0) is 14.2 Å². The van der Waals surface area contributed by atoms with Crippen LogP contribution in [0.2, 0.25) is 0 Å². The van der Waals surface area contributed by atoms with Gasteiger partial charge in [0.2, 0.25) is 0 Å². The summed E-state index contributed by atoms with van der Waals surface area (Å²) in [6.45, 7) is 9.52. The highest BCUT2D eigenvalue weighted by Crippen LogP contribution is 2.38. The summed E-state index contributed by atoms with van der Waals surface area (Å²) in [6, 6.07) is 8.25. The molecular weight excluding hydrogens is 486 g/mol. The van der Waals surface area contributed by atoms with Gasteiger partial charge in [-0.2, -0.15) is 5.10 Å². The van der Waals surface area contributed by atoms with Crippen molar-refractivity contribution >= 4 is 43.8 Å². The summed E-state index contributed by atoms with van der Waals surface area (Å²) in [5.41, 5.74) is 4.10. The maximum atomic E-state index is 5.61. The van der Waals surface area contributed by atoms with Gasteiger partial charge in [0.25, 0.3) is 0 Å². The van der Waals surface area contributed by atoms with Crippen LogP contribution in [0.1, 0.15) is 32.1 Å². The van der Waals surface area contributed by atoms with Gasteiger partial charge in [-0.15, -0.1) is 11.3 Å². The molecule has 8 nitrogen and oxygen atoms in total. The molecule has 4 heterocycles. The quantitative estimate of drug-likeness (QED) is 0.282. The molecule has 1 saturated heterocycles. The van der Waals surface area contributed by atoms with Gasteiger partial charge in [-0.1, -0.05) is 32.1 Å². The van der Waals surface area contributed by atoms with E-state index in [0.717, 1.165) is 57.8 Å². The fraction of sp³-hybridized carbons (Fsp3) is 0.393. The Morgan fingerprint density at radius 1 is 1.19 bits per heavy atom. The number of rotatable bonds is 8. The van der Waals surface area contributed by atoms with Crippen molar-refractivity contribution in [2.24, 2.45) is 0 Å². The topological polar surface area (TPSA) is 85.4 Å². The Kier molecular flexibility index (Phi) is 9.27. The lowest BCUT2D eigenvalue weighted by molar-refractivity contribution is 0.122. The molecule has 4 aromatic rings. The standard InChI is InChI=1S/C26H29N5O3S.C2H6/c1-4-17(8-9-18(33-3)16-32-2)23-14-22-24(35-23)26(31-10-12-34-13-11-31)29-25(28-22)19-6-5-7-21-20(19)15-27-30-21;1-2/h4-7,9,14-15H,8,10-13,16H2,1-3H3,(H,27,30);1-2H3/b17-4+,18-9+;. The first-order chi connectivity index (χ1) is 18.2. The fourth-order valence-electron chi connectivity index (χ4n) is 4.27. The summed E-state index contributed by atoms with van der Waals surface area (Å²) in [7, 11) is 3.34. The van der Waals surface area contributed by atoms with Gasteiger partial charge in [0.05, 0.1) is 42.3 Å². The molecule has 37 heavy (non-hydrogen) atoms. The van der Waals surface area contributed by atoms with Crippen molar-refractivity contribution in [2.45, 2.75) is 27.2 Å². The van der Waals surface area contributed by atoms with Crippen LogP contribution in [0.3, 0.4) is 0 Å². The second kappa shape index (κ2) is 12.8. The number of benzene rings is 1. The number of nitrogens with one attached hydrogen (secondary N) is 1. The summed E-state index contributed by atoms with van der Waals surface area (Å²) in [6.07, 6.45) is 6.81. The molecule has 1 aliphatic rings. The maximum Gasteiger partial charge on any atom is 0.162 e. The molecule has 0 bridgehead atoms. The molecule has 0 amide bonds. The van der Waals surface area contributed by atoms with Gasteiger partial charge in [0.15, 0.2) is 11.6 Å². The number of ether oxygens (including phenoxy) is 3. The minimum Gasteiger partial charge on any atom is -0.499 e. The van der Waals surface area contributed by atoms with E-state index in [0.29, 0.717) is 25.6 Å². The number of aromatic nitrogens is 4. The van der Waals surface area contributed by atoms with E-state index in [9.17, 15) is 0 Å². The van der Waals surface area contributed by atoms with Crippen molar-refractivity contribution in [3.63, 3.8) is 0 Å². The van der Waals surface area contributed by atoms with Crippen molar-refractivity contribution in [1.29, 1.82) is 0 Å². The third kappa shape index (κ3) is 5.84. The highest BCUT2D eigenvalue weighted by atomic mass is 32.1. The first-order valence-corrected chi connectivity index (χ1v) is 13.5. The van der Waals surface area contributed by atoms with E-state index >= 15 is 0 Å². The Morgan fingerprint density at radius 3 is 2.73 bits per heavy atom. The lowest BCUT2D eigenvalue weighted by Gasteiger charge is -2.28. The van der Waals surface area contributed by atoms with Crippen molar-refractivity contribution in [1.82, 2.24) is 20.2 Å². The van der Waals surface area contributed by atoms with Crippen LogP contribution < -0.4 is 4.90 Å². The Hall–Kier alpha value is -3.27. The second-order valence-electron chi connectivity index (χ2n) is 8.26. The predicted octanol–water partition coefficient (Wildman–Crippen LogP) is 6.07. The van der Waals surface area contributed by atoms with Crippen LogP contribution in [0.5, 0.6) is 0 Å². The van der Waals surface area contributed by atoms with Crippen LogP contribution in [0.15, 0.2) is 48.4 Å². The summed E-state index contributed by atoms with van der Waals surface area (Å²) < 4.78 is 17.4. The van der Waals surface area contributed by atoms with E-state index in [2.05, 4.69) is 46.3 Å². The average Bonchev–Trinajstić information content (AvgIpc) is 3.61. The first-order valence-electron chi connectivity index (χ1n) is 12.7. The second-order valence-corrected chi connectivity index (χ2v) is 9.31. The predicted molar refractivity (Wildman–Crippen MR) is 152 cm³/mol. The number of hydrogen-bond acceptors (Lipinski definition) is 8. The molecule has 0 aliphatic carbocycles. The Labute approximate surface area is 222 Å². The number of H-pyrrole nitrogens is 1. The lowest BCUT2D eigenvalue weighted by Crippen LogP contribution is -2.36. The molecular formula is C28H35N5O3S. The zero-order valence-corrected chi connectivity index (χ0v) is 23.0. The minimum absolute atomic E-state index is 0.454. The molecule has 1 fully saturated rings. The summed E-state index contributed by atoms with van der Waals surface area (Å²) in [5.74, 6) is 2.49.